The fourth-order valence-corrected chi connectivity index (χ4v) is 4.20. The van der Waals surface area contributed by atoms with Crippen LogP contribution >= 0.6 is 11.3 Å². The van der Waals surface area contributed by atoms with Crippen LogP contribution in [0.2, 0.25) is 0 Å². The number of nitrogens with zero attached hydrogens (tertiary/aromatic N) is 3. The first-order valence-corrected chi connectivity index (χ1v) is 10.2. The van der Waals surface area contributed by atoms with Crippen LogP contribution in [0.5, 0.6) is 11.5 Å². The number of nitro groups is 1. The van der Waals surface area contributed by atoms with Gasteiger partial charge < -0.3 is 18.8 Å². The first kappa shape index (κ1) is 20.0. The summed E-state index contributed by atoms with van der Waals surface area (Å²) in [6.07, 6.45) is 0.108. The first-order valence-electron chi connectivity index (χ1n) is 9.37. The lowest BCUT2D eigenvalue weighted by Gasteiger charge is -2.05. The Morgan fingerprint density at radius 1 is 1.27 bits per heavy atom. The summed E-state index contributed by atoms with van der Waals surface area (Å²) in [6, 6.07) is 9.97. The lowest BCUT2D eigenvalue weighted by atomic mass is 10.1. The molecule has 0 aliphatic carbocycles. The maximum Gasteiger partial charge on any atom is 0.271 e. The van der Waals surface area contributed by atoms with Gasteiger partial charge in [-0.15, -0.1) is 0 Å². The second kappa shape index (κ2) is 8.64. The van der Waals surface area contributed by atoms with Crippen LogP contribution in [0.1, 0.15) is 12.5 Å². The average molecular weight is 429 g/mol. The molecule has 1 amide bonds. The van der Waals surface area contributed by atoms with Crippen LogP contribution in [-0.4, -0.2) is 35.4 Å². The van der Waals surface area contributed by atoms with E-state index < -0.39 is 4.92 Å². The van der Waals surface area contributed by atoms with E-state index in [2.05, 4.69) is 4.99 Å². The van der Waals surface area contributed by atoms with Gasteiger partial charge in [0.25, 0.3) is 11.6 Å². The van der Waals surface area contributed by atoms with Crippen LogP contribution in [0, 0.1) is 10.1 Å². The number of carbonyl (C=O) groups is 1. The van der Waals surface area contributed by atoms with Crippen LogP contribution in [-0.2, 0) is 22.5 Å². The third-order valence-corrected chi connectivity index (χ3v) is 5.61. The number of rotatable bonds is 7. The quantitative estimate of drug-likeness (QED) is 0.325. The largest absolute Gasteiger partial charge is 0.454 e. The summed E-state index contributed by atoms with van der Waals surface area (Å²) in [5.74, 6) is 0.948. The number of thiazole rings is 1. The summed E-state index contributed by atoms with van der Waals surface area (Å²) in [5, 5.41) is 11.2. The third-order valence-electron chi connectivity index (χ3n) is 4.55. The average Bonchev–Trinajstić information content (AvgIpc) is 3.31. The van der Waals surface area contributed by atoms with Gasteiger partial charge in [-0.3, -0.25) is 14.9 Å². The molecule has 2 aromatic carbocycles. The zero-order chi connectivity index (χ0) is 21.1. The van der Waals surface area contributed by atoms with E-state index in [1.807, 2.05) is 6.92 Å². The van der Waals surface area contributed by atoms with Crippen LogP contribution < -0.4 is 14.3 Å². The number of benzene rings is 2. The lowest BCUT2D eigenvalue weighted by Crippen LogP contribution is -2.20. The highest BCUT2D eigenvalue weighted by Crippen LogP contribution is 2.32. The molecule has 0 saturated heterocycles. The van der Waals surface area contributed by atoms with Gasteiger partial charge in [0.05, 0.1) is 28.2 Å². The molecule has 30 heavy (non-hydrogen) atoms. The van der Waals surface area contributed by atoms with Gasteiger partial charge >= 0.3 is 0 Å². The molecule has 0 bridgehead atoms. The molecule has 9 nitrogen and oxygen atoms in total. The smallest absolute Gasteiger partial charge is 0.271 e. The molecule has 1 aliphatic rings. The van der Waals surface area contributed by atoms with Gasteiger partial charge in [0.1, 0.15) is 0 Å². The maximum atomic E-state index is 12.6. The predicted octanol–water partition coefficient (Wildman–Crippen LogP) is 3.05. The van der Waals surface area contributed by atoms with Gasteiger partial charge in [0, 0.05) is 25.3 Å². The van der Waals surface area contributed by atoms with Crippen LogP contribution in [0.15, 0.2) is 41.4 Å². The second-order valence-corrected chi connectivity index (χ2v) is 7.52. The number of ether oxygens (including phenoxy) is 3. The van der Waals surface area contributed by atoms with Crippen molar-refractivity contribution in [1.29, 1.82) is 0 Å². The Balaban J connectivity index is 1.66. The number of hydrogen-bond acceptors (Lipinski definition) is 7. The van der Waals surface area contributed by atoms with Crippen LogP contribution in [0.4, 0.5) is 5.69 Å². The zero-order valence-electron chi connectivity index (χ0n) is 16.2. The van der Waals surface area contributed by atoms with E-state index in [9.17, 15) is 14.9 Å². The second-order valence-electron chi connectivity index (χ2n) is 6.51. The van der Waals surface area contributed by atoms with E-state index in [4.69, 9.17) is 14.2 Å². The van der Waals surface area contributed by atoms with E-state index >= 15 is 0 Å². The maximum absolute atomic E-state index is 12.6. The summed E-state index contributed by atoms with van der Waals surface area (Å²) < 4.78 is 18.7. The summed E-state index contributed by atoms with van der Waals surface area (Å²) in [4.78, 5) is 28.1. The van der Waals surface area contributed by atoms with E-state index in [-0.39, 0.29) is 24.8 Å². The summed E-state index contributed by atoms with van der Waals surface area (Å²) >= 11 is 1.31. The van der Waals surface area contributed by atoms with Crippen molar-refractivity contribution in [2.45, 2.75) is 19.9 Å². The van der Waals surface area contributed by atoms with E-state index in [0.717, 1.165) is 10.3 Å². The monoisotopic (exact) mass is 429 g/mol. The molecule has 2 heterocycles. The number of aromatic nitrogens is 1. The highest BCUT2D eigenvalue weighted by molar-refractivity contribution is 7.16. The number of nitro benzene ring substituents is 1. The highest BCUT2D eigenvalue weighted by atomic mass is 32.1. The standard InChI is InChI=1S/C20H19N3O6S/c1-2-27-8-7-22-15-11-14(23(25)26)4-6-18(15)30-20(22)21-19(24)10-13-3-5-16-17(9-13)29-12-28-16/h3-6,9,11H,2,7-8,10,12H2,1H3. The Morgan fingerprint density at radius 2 is 2.10 bits per heavy atom. The molecular weight excluding hydrogens is 410 g/mol. The van der Waals surface area contributed by atoms with Crippen molar-refractivity contribution in [2.75, 3.05) is 20.0 Å². The molecule has 156 valence electrons. The summed E-state index contributed by atoms with van der Waals surface area (Å²) in [6.45, 7) is 3.46. The first-order chi connectivity index (χ1) is 14.5. The molecule has 3 aromatic rings. The highest BCUT2D eigenvalue weighted by Gasteiger charge is 2.16. The van der Waals surface area contributed by atoms with Gasteiger partial charge in [0.2, 0.25) is 6.79 Å². The lowest BCUT2D eigenvalue weighted by molar-refractivity contribution is -0.384. The molecule has 10 heteroatoms. The molecule has 0 unspecified atom stereocenters. The number of amides is 1. The number of hydrogen-bond donors (Lipinski definition) is 0. The normalized spacial score (nSPS) is 13.2. The Bertz CT molecular complexity index is 1180. The molecule has 1 aliphatic heterocycles. The predicted molar refractivity (Wildman–Crippen MR) is 110 cm³/mol. The van der Waals surface area contributed by atoms with Crippen molar-refractivity contribution in [3.63, 3.8) is 0 Å². The fraction of sp³-hybridized carbons (Fsp3) is 0.300. The minimum Gasteiger partial charge on any atom is -0.454 e. The van der Waals surface area contributed by atoms with Crippen molar-refractivity contribution in [3.8, 4) is 11.5 Å². The van der Waals surface area contributed by atoms with E-state index in [1.165, 1.54) is 23.5 Å². The van der Waals surface area contributed by atoms with Crippen LogP contribution in [0.3, 0.4) is 0 Å². The molecule has 0 saturated carbocycles. The van der Waals surface area contributed by atoms with Crippen molar-refractivity contribution in [3.05, 3.63) is 56.9 Å². The van der Waals surface area contributed by atoms with E-state index in [0.29, 0.717) is 41.6 Å². The third kappa shape index (κ3) is 4.19. The summed E-state index contributed by atoms with van der Waals surface area (Å²) in [5.41, 5.74) is 1.41. The van der Waals surface area contributed by atoms with Crippen molar-refractivity contribution < 1.29 is 23.9 Å². The summed E-state index contributed by atoms with van der Waals surface area (Å²) in [7, 11) is 0. The van der Waals surface area contributed by atoms with Gasteiger partial charge in [-0.05, 0) is 30.7 Å². The Morgan fingerprint density at radius 3 is 2.90 bits per heavy atom. The Hall–Kier alpha value is -3.24. The van der Waals surface area contributed by atoms with Crippen molar-refractivity contribution in [2.24, 2.45) is 4.99 Å². The fourth-order valence-electron chi connectivity index (χ4n) is 3.14. The molecule has 0 radical (unpaired) electrons. The van der Waals surface area contributed by atoms with Gasteiger partial charge in [-0.25, -0.2) is 0 Å². The van der Waals surface area contributed by atoms with Crippen molar-refractivity contribution in [1.82, 2.24) is 4.57 Å². The van der Waals surface area contributed by atoms with Crippen molar-refractivity contribution >= 4 is 33.1 Å². The SMILES string of the molecule is CCOCCn1c(=NC(=O)Cc2ccc3c(c2)OCO3)sc2ccc([N+](=O)[O-])cc21. The molecule has 0 N–H and O–H groups in total. The Kier molecular flexibility index (Phi) is 5.77. The topological polar surface area (TPSA) is 105 Å². The number of non-ortho nitro benzene ring substituents is 1. The molecule has 1 aromatic heterocycles. The molecule has 0 fully saturated rings. The van der Waals surface area contributed by atoms with E-state index in [1.54, 1.807) is 28.8 Å². The zero-order valence-corrected chi connectivity index (χ0v) is 17.0. The van der Waals surface area contributed by atoms with Gasteiger partial charge in [-0.1, -0.05) is 17.4 Å². The van der Waals surface area contributed by atoms with Crippen LogP contribution in [0.25, 0.3) is 10.2 Å². The molecule has 0 spiro atoms. The van der Waals surface area contributed by atoms with Gasteiger partial charge in [0.15, 0.2) is 16.3 Å². The molecular formula is C20H19N3O6S. The minimum atomic E-state index is -0.439. The molecule has 4 rings (SSSR count). The minimum absolute atomic E-state index is 0.0105. The molecule has 0 atom stereocenters. The van der Waals surface area contributed by atoms with Gasteiger partial charge in [-0.2, -0.15) is 4.99 Å². The number of fused-ring (bicyclic) bond motifs is 2. The Labute approximate surface area is 175 Å². The number of carbonyl (C=O) groups excluding carboxylic acids is 1.